The number of fused-ring (bicyclic) bond motifs is 1. The maximum absolute atomic E-state index is 4.35. The Morgan fingerprint density at radius 3 is 2.94 bits per heavy atom. The molecule has 2 aromatic rings. The van der Waals surface area contributed by atoms with E-state index in [0.717, 1.165) is 37.1 Å². The van der Waals surface area contributed by atoms with Crippen molar-refractivity contribution in [3.8, 4) is 0 Å². The molecule has 1 aliphatic rings. The molecular weight excluding hydrogens is 202 g/mol. The van der Waals surface area contributed by atoms with E-state index in [1.807, 2.05) is 31.3 Å². The van der Waals surface area contributed by atoms with E-state index in [1.165, 1.54) is 0 Å². The number of hydrogen-bond donors (Lipinski definition) is 0. The first-order valence-electron chi connectivity index (χ1n) is 5.39. The highest BCUT2D eigenvalue weighted by atomic mass is 15.3. The van der Waals surface area contributed by atoms with Crippen LogP contribution in [0.15, 0.2) is 24.4 Å². The first-order valence-corrected chi connectivity index (χ1v) is 5.39. The molecule has 0 amide bonds. The molecule has 3 rings (SSSR count). The summed E-state index contributed by atoms with van der Waals surface area (Å²) < 4.78 is 2.17. The minimum Gasteiger partial charge on any atom is -0.347 e. The Kier molecular flexibility index (Phi) is 2.09. The second kappa shape index (κ2) is 3.59. The van der Waals surface area contributed by atoms with Crippen LogP contribution in [0.5, 0.6) is 0 Å². The Morgan fingerprint density at radius 2 is 2.12 bits per heavy atom. The second-order valence-corrected chi connectivity index (χ2v) is 3.92. The first kappa shape index (κ1) is 9.33. The van der Waals surface area contributed by atoms with E-state index in [4.69, 9.17) is 0 Å². The van der Waals surface area contributed by atoms with Gasteiger partial charge in [0.25, 0.3) is 0 Å². The highest BCUT2D eigenvalue weighted by Crippen LogP contribution is 2.17. The smallest absolute Gasteiger partial charge is 0.152 e. The summed E-state index contributed by atoms with van der Waals surface area (Å²) in [4.78, 5) is 6.58. The third-order valence-corrected chi connectivity index (χ3v) is 2.91. The van der Waals surface area contributed by atoms with E-state index in [0.29, 0.717) is 0 Å². The van der Waals surface area contributed by atoms with Gasteiger partial charge in [0.1, 0.15) is 11.6 Å². The zero-order valence-electron chi connectivity index (χ0n) is 9.17. The number of nitrogens with zero attached hydrogens (tertiary/aromatic N) is 5. The van der Waals surface area contributed by atoms with Crippen molar-refractivity contribution in [1.82, 2.24) is 19.7 Å². The van der Waals surface area contributed by atoms with Crippen molar-refractivity contribution in [2.75, 3.05) is 11.4 Å². The molecule has 3 heterocycles. The van der Waals surface area contributed by atoms with Gasteiger partial charge < -0.3 is 9.47 Å². The average molecular weight is 215 g/mol. The van der Waals surface area contributed by atoms with Gasteiger partial charge in [0.2, 0.25) is 0 Å². The van der Waals surface area contributed by atoms with E-state index < -0.39 is 0 Å². The molecule has 0 fully saturated rings. The molecule has 0 aliphatic carbocycles. The molecule has 2 aromatic heterocycles. The molecule has 5 heteroatoms. The molecule has 5 nitrogen and oxygen atoms in total. The van der Waals surface area contributed by atoms with Crippen LogP contribution >= 0.6 is 0 Å². The summed E-state index contributed by atoms with van der Waals surface area (Å²) in [7, 11) is 0. The lowest BCUT2D eigenvalue weighted by Gasteiger charge is -2.28. The van der Waals surface area contributed by atoms with Crippen LogP contribution in [0.2, 0.25) is 0 Å². The Balaban J connectivity index is 1.89. The predicted octanol–water partition coefficient (Wildman–Crippen LogP) is 1.00. The van der Waals surface area contributed by atoms with Crippen LogP contribution < -0.4 is 4.90 Å². The minimum atomic E-state index is 0.790. The van der Waals surface area contributed by atoms with Gasteiger partial charge in [0.15, 0.2) is 5.82 Å². The van der Waals surface area contributed by atoms with Crippen LogP contribution in [0.3, 0.4) is 0 Å². The van der Waals surface area contributed by atoms with Crippen LogP contribution in [0.1, 0.15) is 11.6 Å². The van der Waals surface area contributed by atoms with Crippen molar-refractivity contribution in [2.24, 2.45) is 0 Å². The van der Waals surface area contributed by atoms with Gasteiger partial charge in [0.05, 0.1) is 6.54 Å². The normalized spacial score (nSPS) is 14.9. The van der Waals surface area contributed by atoms with Gasteiger partial charge >= 0.3 is 0 Å². The molecule has 0 saturated carbocycles. The summed E-state index contributed by atoms with van der Waals surface area (Å²) in [5, 5.41) is 8.27. The van der Waals surface area contributed by atoms with Crippen molar-refractivity contribution in [2.45, 2.75) is 20.0 Å². The highest BCUT2D eigenvalue weighted by molar-refractivity contribution is 5.38. The average Bonchev–Trinajstić information content (AvgIpc) is 2.72. The van der Waals surface area contributed by atoms with E-state index in [-0.39, 0.29) is 0 Å². The predicted molar refractivity (Wildman–Crippen MR) is 60.0 cm³/mol. The lowest BCUT2D eigenvalue weighted by atomic mass is 10.3. The zero-order valence-corrected chi connectivity index (χ0v) is 9.17. The quantitative estimate of drug-likeness (QED) is 0.712. The summed E-state index contributed by atoms with van der Waals surface area (Å²) in [6, 6.07) is 5.96. The highest BCUT2D eigenvalue weighted by Gasteiger charge is 2.19. The summed E-state index contributed by atoms with van der Waals surface area (Å²) in [6.45, 7) is 4.68. The summed E-state index contributed by atoms with van der Waals surface area (Å²) >= 11 is 0. The molecule has 0 bridgehead atoms. The fourth-order valence-corrected chi connectivity index (χ4v) is 2.04. The van der Waals surface area contributed by atoms with Crippen molar-refractivity contribution in [1.29, 1.82) is 0 Å². The van der Waals surface area contributed by atoms with Gasteiger partial charge in [0, 0.05) is 19.3 Å². The fraction of sp³-hybridized carbons (Fsp3) is 0.364. The number of pyridine rings is 1. The van der Waals surface area contributed by atoms with E-state index in [2.05, 4.69) is 24.6 Å². The Labute approximate surface area is 93.7 Å². The largest absolute Gasteiger partial charge is 0.347 e. The first-order chi connectivity index (χ1) is 7.84. The SMILES string of the molecule is Cc1nnc2n1CCN(c1ccccn1)C2. The third kappa shape index (κ3) is 1.44. The summed E-state index contributed by atoms with van der Waals surface area (Å²) in [6.07, 6.45) is 1.82. The topological polar surface area (TPSA) is 46.8 Å². The van der Waals surface area contributed by atoms with E-state index >= 15 is 0 Å². The molecule has 0 aromatic carbocycles. The number of aryl methyl sites for hydroxylation is 1. The molecule has 0 saturated heterocycles. The monoisotopic (exact) mass is 215 g/mol. The Hall–Kier alpha value is -1.91. The van der Waals surface area contributed by atoms with Crippen molar-refractivity contribution >= 4 is 5.82 Å². The number of aromatic nitrogens is 4. The van der Waals surface area contributed by atoms with Crippen LogP contribution in [-0.4, -0.2) is 26.3 Å². The molecule has 0 spiro atoms. The van der Waals surface area contributed by atoms with Crippen molar-refractivity contribution < 1.29 is 0 Å². The summed E-state index contributed by atoms with van der Waals surface area (Å²) in [5.74, 6) is 3.03. The second-order valence-electron chi connectivity index (χ2n) is 3.92. The van der Waals surface area contributed by atoms with Gasteiger partial charge in [-0.05, 0) is 19.1 Å². The molecule has 82 valence electrons. The zero-order chi connectivity index (χ0) is 11.0. The Bertz CT molecular complexity index is 490. The molecule has 0 radical (unpaired) electrons. The van der Waals surface area contributed by atoms with Crippen molar-refractivity contribution in [3.05, 3.63) is 36.0 Å². The molecule has 0 N–H and O–H groups in total. The Morgan fingerprint density at radius 1 is 1.19 bits per heavy atom. The molecule has 16 heavy (non-hydrogen) atoms. The maximum Gasteiger partial charge on any atom is 0.152 e. The lowest BCUT2D eigenvalue weighted by molar-refractivity contribution is 0.547. The fourth-order valence-electron chi connectivity index (χ4n) is 2.04. The van der Waals surface area contributed by atoms with Gasteiger partial charge in [-0.3, -0.25) is 0 Å². The van der Waals surface area contributed by atoms with Crippen molar-refractivity contribution in [3.63, 3.8) is 0 Å². The van der Waals surface area contributed by atoms with Gasteiger partial charge in [-0.1, -0.05) is 6.07 Å². The van der Waals surface area contributed by atoms with Crippen LogP contribution in [0, 0.1) is 6.92 Å². The maximum atomic E-state index is 4.35. The van der Waals surface area contributed by atoms with Gasteiger partial charge in [-0.2, -0.15) is 0 Å². The molecule has 0 atom stereocenters. The lowest BCUT2D eigenvalue weighted by Crippen LogP contribution is -2.34. The summed E-state index contributed by atoms with van der Waals surface area (Å²) in [5.41, 5.74) is 0. The number of anilines is 1. The van der Waals surface area contributed by atoms with Crippen LogP contribution in [0.4, 0.5) is 5.82 Å². The number of rotatable bonds is 1. The van der Waals surface area contributed by atoms with E-state index in [9.17, 15) is 0 Å². The molecule has 0 unspecified atom stereocenters. The van der Waals surface area contributed by atoms with Gasteiger partial charge in [-0.15, -0.1) is 10.2 Å². The minimum absolute atomic E-state index is 0.790. The number of hydrogen-bond acceptors (Lipinski definition) is 4. The third-order valence-electron chi connectivity index (χ3n) is 2.91. The van der Waals surface area contributed by atoms with Crippen LogP contribution in [0.25, 0.3) is 0 Å². The standard InChI is InChI=1S/C11H13N5/c1-9-13-14-11-8-15(6-7-16(9)11)10-4-2-3-5-12-10/h2-5H,6-8H2,1H3. The van der Waals surface area contributed by atoms with Crippen LogP contribution in [-0.2, 0) is 13.1 Å². The molecular formula is C11H13N5. The molecule has 1 aliphatic heterocycles. The van der Waals surface area contributed by atoms with E-state index in [1.54, 1.807) is 0 Å². The van der Waals surface area contributed by atoms with Gasteiger partial charge in [-0.25, -0.2) is 4.98 Å².